The summed E-state index contributed by atoms with van der Waals surface area (Å²) in [6.45, 7) is 3.04. The molecule has 0 aliphatic carbocycles. The zero-order valence-corrected chi connectivity index (χ0v) is 13.8. The van der Waals surface area contributed by atoms with Gasteiger partial charge in [-0.25, -0.2) is 9.37 Å². The first kappa shape index (κ1) is 16.5. The lowest BCUT2D eigenvalue weighted by Crippen LogP contribution is -2.30. The predicted molar refractivity (Wildman–Crippen MR) is 84.2 cm³/mol. The topological polar surface area (TPSA) is 56.2 Å². The Kier molecular flexibility index (Phi) is 5.94. The molecule has 0 saturated heterocycles. The summed E-state index contributed by atoms with van der Waals surface area (Å²) in [7, 11) is 0. The summed E-state index contributed by atoms with van der Waals surface area (Å²) in [6, 6.07) is 4.43. The van der Waals surface area contributed by atoms with Crippen LogP contribution in [0.1, 0.15) is 12.2 Å². The lowest BCUT2D eigenvalue weighted by molar-refractivity contribution is -0.123. The Bertz CT molecular complexity index is 645. The van der Waals surface area contributed by atoms with Gasteiger partial charge in [-0.2, -0.15) is 0 Å². The van der Waals surface area contributed by atoms with Crippen LogP contribution in [0.25, 0.3) is 0 Å². The minimum atomic E-state index is -0.502. The van der Waals surface area contributed by atoms with Crippen molar-refractivity contribution in [2.45, 2.75) is 19.9 Å². The van der Waals surface area contributed by atoms with Crippen molar-refractivity contribution in [3.05, 3.63) is 46.7 Å². The number of carbonyl (C=O) groups is 1. The molecule has 0 spiro atoms. The van der Waals surface area contributed by atoms with E-state index in [1.54, 1.807) is 12.3 Å². The van der Waals surface area contributed by atoms with Crippen LogP contribution in [0.3, 0.4) is 0 Å². The molecular weight excluding hydrogens is 353 g/mol. The Morgan fingerprint density at radius 3 is 3.00 bits per heavy atom. The van der Waals surface area contributed by atoms with Crippen LogP contribution >= 0.6 is 15.9 Å². The molecule has 0 fully saturated rings. The second-order valence-corrected chi connectivity index (χ2v) is 5.65. The average Bonchev–Trinajstić information content (AvgIpc) is 2.88. The van der Waals surface area contributed by atoms with Crippen LogP contribution in [0, 0.1) is 12.7 Å². The number of aromatic nitrogens is 2. The largest absolute Gasteiger partial charge is 0.481 e. The molecular formula is C15H17BrFN3O2. The molecule has 1 amide bonds. The van der Waals surface area contributed by atoms with Crippen molar-refractivity contribution in [2.75, 3.05) is 13.2 Å². The standard InChI is InChI=1S/C15H17BrFN3O2/c1-11-18-6-8-20(11)7-2-5-19-15(21)10-22-14-4-3-12(16)9-13(14)17/h3-4,6,8-9H,2,5,7,10H2,1H3,(H,19,21). The molecule has 1 heterocycles. The van der Waals surface area contributed by atoms with E-state index in [9.17, 15) is 9.18 Å². The quantitative estimate of drug-likeness (QED) is 0.763. The molecule has 0 radical (unpaired) electrons. The number of halogens is 2. The summed E-state index contributed by atoms with van der Waals surface area (Å²) in [5.41, 5.74) is 0. The number of rotatable bonds is 7. The summed E-state index contributed by atoms with van der Waals surface area (Å²) >= 11 is 3.16. The van der Waals surface area contributed by atoms with Gasteiger partial charge in [-0.3, -0.25) is 4.79 Å². The van der Waals surface area contributed by atoms with Gasteiger partial charge in [-0.15, -0.1) is 0 Å². The summed E-state index contributed by atoms with van der Waals surface area (Å²) in [5, 5.41) is 2.74. The normalized spacial score (nSPS) is 10.5. The highest BCUT2D eigenvalue weighted by molar-refractivity contribution is 9.10. The monoisotopic (exact) mass is 369 g/mol. The van der Waals surface area contributed by atoms with E-state index in [4.69, 9.17) is 4.74 Å². The van der Waals surface area contributed by atoms with Gasteiger partial charge in [-0.1, -0.05) is 15.9 Å². The molecule has 0 bridgehead atoms. The summed E-state index contributed by atoms with van der Waals surface area (Å²) < 4.78 is 21.3. The summed E-state index contributed by atoms with van der Waals surface area (Å²) in [5.74, 6) is 0.232. The van der Waals surface area contributed by atoms with E-state index >= 15 is 0 Å². The molecule has 0 aliphatic rings. The van der Waals surface area contributed by atoms with Crippen molar-refractivity contribution in [3.8, 4) is 5.75 Å². The zero-order valence-electron chi connectivity index (χ0n) is 12.2. The first-order valence-corrected chi connectivity index (χ1v) is 7.68. The first-order chi connectivity index (χ1) is 10.6. The van der Waals surface area contributed by atoms with Crippen molar-refractivity contribution >= 4 is 21.8 Å². The fourth-order valence-corrected chi connectivity index (χ4v) is 2.24. The Labute approximate surface area is 136 Å². The minimum absolute atomic E-state index is 0.0624. The van der Waals surface area contributed by atoms with Crippen molar-refractivity contribution < 1.29 is 13.9 Å². The SMILES string of the molecule is Cc1nccn1CCCNC(=O)COc1ccc(Br)cc1F. The number of amides is 1. The van der Waals surface area contributed by atoms with Gasteiger partial charge in [0, 0.05) is 30.0 Å². The van der Waals surface area contributed by atoms with Crippen molar-refractivity contribution in [1.82, 2.24) is 14.9 Å². The maximum Gasteiger partial charge on any atom is 0.257 e. The van der Waals surface area contributed by atoms with Gasteiger partial charge in [0.25, 0.3) is 5.91 Å². The summed E-state index contributed by atoms with van der Waals surface area (Å²) in [4.78, 5) is 15.8. The van der Waals surface area contributed by atoms with Crippen LogP contribution in [0.5, 0.6) is 5.75 Å². The summed E-state index contributed by atoms with van der Waals surface area (Å²) in [6.07, 6.45) is 4.43. The molecule has 22 heavy (non-hydrogen) atoms. The van der Waals surface area contributed by atoms with Gasteiger partial charge in [0.05, 0.1) is 0 Å². The highest BCUT2D eigenvalue weighted by Crippen LogP contribution is 2.21. The maximum atomic E-state index is 13.5. The molecule has 2 aromatic rings. The third kappa shape index (κ3) is 4.84. The number of ether oxygens (including phenoxy) is 1. The van der Waals surface area contributed by atoms with Crippen LogP contribution in [0.4, 0.5) is 4.39 Å². The van der Waals surface area contributed by atoms with E-state index in [2.05, 4.69) is 26.2 Å². The number of carbonyl (C=O) groups excluding carboxylic acids is 1. The van der Waals surface area contributed by atoms with Gasteiger partial charge in [0.15, 0.2) is 18.2 Å². The zero-order chi connectivity index (χ0) is 15.9. The van der Waals surface area contributed by atoms with Crippen LogP contribution in [0.2, 0.25) is 0 Å². The van der Waals surface area contributed by atoms with Crippen molar-refractivity contribution in [1.29, 1.82) is 0 Å². The van der Waals surface area contributed by atoms with Crippen LogP contribution in [-0.4, -0.2) is 28.6 Å². The highest BCUT2D eigenvalue weighted by Gasteiger charge is 2.07. The smallest absolute Gasteiger partial charge is 0.257 e. The molecule has 1 N–H and O–H groups in total. The van der Waals surface area contributed by atoms with E-state index in [0.717, 1.165) is 18.8 Å². The van der Waals surface area contributed by atoms with Gasteiger partial charge >= 0.3 is 0 Å². The average molecular weight is 370 g/mol. The second-order valence-electron chi connectivity index (χ2n) is 4.73. The Morgan fingerprint density at radius 1 is 1.50 bits per heavy atom. The first-order valence-electron chi connectivity index (χ1n) is 6.88. The van der Waals surface area contributed by atoms with E-state index in [0.29, 0.717) is 11.0 Å². The molecule has 5 nitrogen and oxygen atoms in total. The van der Waals surface area contributed by atoms with E-state index in [1.807, 2.05) is 17.7 Å². The molecule has 118 valence electrons. The lowest BCUT2D eigenvalue weighted by Gasteiger charge is -2.09. The number of hydrogen-bond donors (Lipinski definition) is 1. The lowest BCUT2D eigenvalue weighted by atomic mass is 10.3. The van der Waals surface area contributed by atoms with Gasteiger partial charge in [-0.05, 0) is 31.5 Å². The van der Waals surface area contributed by atoms with E-state index < -0.39 is 5.82 Å². The second kappa shape index (κ2) is 7.93. The van der Waals surface area contributed by atoms with Crippen LogP contribution in [-0.2, 0) is 11.3 Å². The fourth-order valence-electron chi connectivity index (χ4n) is 1.90. The molecule has 0 unspecified atom stereocenters. The van der Waals surface area contributed by atoms with E-state index in [1.165, 1.54) is 12.1 Å². The molecule has 0 saturated carbocycles. The Hall–Kier alpha value is -1.89. The maximum absolute atomic E-state index is 13.5. The number of nitrogens with one attached hydrogen (secondary N) is 1. The van der Waals surface area contributed by atoms with Crippen LogP contribution < -0.4 is 10.1 Å². The molecule has 0 aliphatic heterocycles. The van der Waals surface area contributed by atoms with Crippen LogP contribution in [0.15, 0.2) is 35.1 Å². The third-order valence-corrected chi connectivity index (χ3v) is 3.57. The van der Waals surface area contributed by atoms with Crippen molar-refractivity contribution in [2.24, 2.45) is 0 Å². The van der Waals surface area contributed by atoms with Gasteiger partial charge in [0.2, 0.25) is 0 Å². The highest BCUT2D eigenvalue weighted by atomic mass is 79.9. The number of benzene rings is 1. The minimum Gasteiger partial charge on any atom is -0.481 e. The molecule has 0 atom stereocenters. The number of aryl methyl sites for hydroxylation is 2. The molecule has 1 aromatic carbocycles. The number of hydrogen-bond acceptors (Lipinski definition) is 3. The third-order valence-electron chi connectivity index (χ3n) is 3.07. The Morgan fingerprint density at radius 2 is 2.32 bits per heavy atom. The predicted octanol–water partition coefficient (Wildman–Crippen LogP) is 2.68. The van der Waals surface area contributed by atoms with Crippen molar-refractivity contribution in [3.63, 3.8) is 0 Å². The Balaban J connectivity index is 1.66. The van der Waals surface area contributed by atoms with E-state index in [-0.39, 0.29) is 18.3 Å². The van der Waals surface area contributed by atoms with Gasteiger partial charge < -0.3 is 14.6 Å². The molecule has 1 aromatic heterocycles. The van der Waals surface area contributed by atoms with Gasteiger partial charge in [0.1, 0.15) is 5.82 Å². The molecule has 7 heteroatoms. The number of nitrogens with zero attached hydrogens (tertiary/aromatic N) is 2. The fraction of sp³-hybridized carbons (Fsp3) is 0.333. The number of imidazole rings is 1. The molecule has 2 rings (SSSR count).